The Morgan fingerprint density at radius 2 is 1.72 bits per heavy atom. The second kappa shape index (κ2) is 5.85. The predicted octanol–water partition coefficient (Wildman–Crippen LogP) is 5.12. The molecule has 1 rings (SSSR count). The van der Waals surface area contributed by atoms with Gasteiger partial charge in [-0.25, -0.2) is 0 Å². The molecule has 0 bridgehead atoms. The molecule has 0 aromatic heterocycles. The molecular formula is C15H24ClNS. The highest BCUT2D eigenvalue weighted by molar-refractivity contribution is 8.00. The Kier molecular flexibility index (Phi) is 5.16. The molecule has 1 aromatic rings. The normalized spacial score (nSPS) is 12.8. The molecule has 0 atom stereocenters. The molecule has 0 unspecified atom stereocenters. The maximum Gasteiger partial charge on any atom is 0.0462 e. The molecule has 18 heavy (non-hydrogen) atoms. The molecule has 1 aromatic carbocycles. The van der Waals surface area contributed by atoms with E-state index in [4.69, 9.17) is 11.6 Å². The number of nitrogens with one attached hydrogen (secondary N) is 1. The van der Waals surface area contributed by atoms with Crippen LogP contribution in [0.3, 0.4) is 0 Å². The van der Waals surface area contributed by atoms with E-state index in [0.717, 1.165) is 17.1 Å². The van der Waals surface area contributed by atoms with Crippen LogP contribution in [0.2, 0.25) is 5.02 Å². The first-order chi connectivity index (χ1) is 8.07. The number of benzene rings is 1. The highest BCUT2D eigenvalue weighted by atomic mass is 35.5. The first kappa shape index (κ1) is 15.9. The van der Waals surface area contributed by atoms with Crippen LogP contribution >= 0.6 is 23.4 Å². The summed E-state index contributed by atoms with van der Waals surface area (Å²) < 4.78 is 0.217. The fraction of sp³-hybridized carbons (Fsp3) is 0.600. The standard InChI is InChI=1S/C15H24ClNS/c1-14(2,3)17-10-11-7-8-12(9-13(11)16)18-15(4,5)6/h7-9,17H,10H2,1-6H3. The Bertz CT molecular complexity index is 402. The van der Waals surface area contributed by atoms with E-state index in [1.165, 1.54) is 4.90 Å². The van der Waals surface area contributed by atoms with Crippen LogP contribution in [0.4, 0.5) is 0 Å². The Hall–Kier alpha value is -0.180. The van der Waals surface area contributed by atoms with Crippen molar-refractivity contribution in [1.29, 1.82) is 0 Å². The van der Waals surface area contributed by atoms with Crippen LogP contribution in [0.5, 0.6) is 0 Å². The molecule has 0 fully saturated rings. The molecule has 3 heteroatoms. The van der Waals surface area contributed by atoms with Gasteiger partial charge >= 0.3 is 0 Å². The van der Waals surface area contributed by atoms with Gasteiger partial charge in [-0.05, 0) is 38.5 Å². The first-order valence-corrected chi connectivity index (χ1v) is 7.49. The van der Waals surface area contributed by atoms with Crippen molar-refractivity contribution >= 4 is 23.4 Å². The zero-order chi connectivity index (χ0) is 14.0. The van der Waals surface area contributed by atoms with Crippen LogP contribution in [-0.2, 0) is 6.54 Å². The molecular weight excluding hydrogens is 262 g/mol. The average molecular weight is 286 g/mol. The topological polar surface area (TPSA) is 12.0 Å². The van der Waals surface area contributed by atoms with Crippen LogP contribution in [0.25, 0.3) is 0 Å². The van der Waals surface area contributed by atoms with Gasteiger partial charge in [0.15, 0.2) is 0 Å². The lowest BCUT2D eigenvalue weighted by Crippen LogP contribution is -2.35. The third-order valence-electron chi connectivity index (χ3n) is 2.26. The van der Waals surface area contributed by atoms with Crippen molar-refractivity contribution in [3.05, 3.63) is 28.8 Å². The van der Waals surface area contributed by atoms with E-state index >= 15 is 0 Å². The summed E-state index contributed by atoms with van der Waals surface area (Å²) in [5, 5.41) is 4.30. The van der Waals surface area contributed by atoms with E-state index in [1.54, 1.807) is 0 Å². The highest BCUT2D eigenvalue weighted by Crippen LogP contribution is 2.34. The van der Waals surface area contributed by atoms with E-state index in [1.807, 2.05) is 11.8 Å². The van der Waals surface area contributed by atoms with Gasteiger partial charge in [-0.15, -0.1) is 11.8 Å². The molecule has 0 heterocycles. The average Bonchev–Trinajstić information content (AvgIpc) is 2.12. The number of thioether (sulfide) groups is 1. The molecule has 0 aliphatic heterocycles. The summed E-state index contributed by atoms with van der Waals surface area (Å²) in [7, 11) is 0. The monoisotopic (exact) mass is 285 g/mol. The van der Waals surface area contributed by atoms with Gasteiger partial charge in [0.1, 0.15) is 0 Å². The number of hydrogen-bond donors (Lipinski definition) is 1. The van der Waals surface area contributed by atoms with Gasteiger partial charge in [-0.3, -0.25) is 0 Å². The summed E-state index contributed by atoms with van der Waals surface area (Å²) >= 11 is 8.18. The molecule has 0 saturated heterocycles. The summed E-state index contributed by atoms with van der Waals surface area (Å²) in [6, 6.07) is 6.34. The SMILES string of the molecule is CC(C)(C)NCc1ccc(SC(C)(C)C)cc1Cl. The van der Waals surface area contributed by atoms with Crippen LogP contribution in [0.1, 0.15) is 47.1 Å². The highest BCUT2D eigenvalue weighted by Gasteiger charge is 2.14. The van der Waals surface area contributed by atoms with Crippen molar-refractivity contribution in [2.75, 3.05) is 0 Å². The molecule has 0 amide bonds. The molecule has 0 radical (unpaired) electrons. The fourth-order valence-electron chi connectivity index (χ4n) is 1.45. The van der Waals surface area contributed by atoms with Crippen molar-refractivity contribution in [2.45, 2.75) is 63.3 Å². The zero-order valence-electron chi connectivity index (χ0n) is 12.2. The summed E-state index contributed by atoms with van der Waals surface area (Å²) in [5.74, 6) is 0. The molecule has 0 spiro atoms. The number of hydrogen-bond acceptors (Lipinski definition) is 2. The summed E-state index contributed by atoms with van der Waals surface area (Å²) in [4.78, 5) is 1.23. The van der Waals surface area contributed by atoms with Crippen molar-refractivity contribution < 1.29 is 0 Å². The molecule has 102 valence electrons. The first-order valence-electron chi connectivity index (χ1n) is 6.29. The zero-order valence-corrected chi connectivity index (χ0v) is 13.8. The van der Waals surface area contributed by atoms with E-state index in [2.05, 4.69) is 65.1 Å². The Morgan fingerprint density at radius 3 is 2.17 bits per heavy atom. The van der Waals surface area contributed by atoms with Crippen LogP contribution in [-0.4, -0.2) is 10.3 Å². The fourth-order valence-corrected chi connectivity index (χ4v) is 2.78. The van der Waals surface area contributed by atoms with Gasteiger partial charge in [0, 0.05) is 26.7 Å². The Balaban J connectivity index is 2.74. The lowest BCUT2D eigenvalue weighted by Gasteiger charge is -2.21. The third-order valence-corrected chi connectivity index (χ3v) is 3.71. The lowest BCUT2D eigenvalue weighted by atomic mass is 10.1. The molecule has 0 aliphatic rings. The van der Waals surface area contributed by atoms with Crippen molar-refractivity contribution in [3.8, 4) is 0 Å². The van der Waals surface area contributed by atoms with Gasteiger partial charge in [0.25, 0.3) is 0 Å². The van der Waals surface area contributed by atoms with Crippen molar-refractivity contribution in [2.24, 2.45) is 0 Å². The Labute approximate surface area is 121 Å². The molecule has 1 nitrogen and oxygen atoms in total. The van der Waals surface area contributed by atoms with E-state index < -0.39 is 0 Å². The summed E-state index contributed by atoms with van der Waals surface area (Å²) in [6.45, 7) is 13.9. The predicted molar refractivity (Wildman–Crippen MR) is 83.7 cm³/mol. The lowest BCUT2D eigenvalue weighted by molar-refractivity contribution is 0.424. The minimum atomic E-state index is 0.113. The molecule has 0 saturated carbocycles. The van der Waals surface area contributed by atoms with Gasteiger partial charge < -0.3 is 5.32 Å². The van der Waals surface area contributed by atoms with Crippen LogP contribution in [0, 0.1) is 0 Å². The largest absolute Gasteiger partial charge is 0.308 e. The maximum absolute atomic E-state index is 6.33. The summed E-state index contributed by atoms with van der Waals surface area (Å²) in [6.07, 6.45) is 0. The second-order valence-electron chi connectivity index (χ2n) is 6.57. The second-order valence-corrected chi connectivity index (χ2v) is 8.88. The van der Waals surface area contributed by atoms with E-state index in [-0.39, 0.29) is 10.3 Å². The number of rotatable bonds is 3. The van der Waals surface area contributed by atoms with E-state index in [9.17, 15) is 0 Å². The van der Waals surface area contributed by atoms with Crippen LogP contribution in [0.15, 0.2) is 23.1 Å². The van der Waals surface area contributed by atoms with Crippen LogP contribution < -0.4 is 5.32 Å². The quantitative estimate of drug-likeness (QED) is 0.774. The van der Waals surface area contributed by atoms with Crippen molar-refractivity contribution in [1.82, 2.24) is 5.32 Å². The summed E-state index contributed by atoms with van der Waals surface area (Å²) in [5.41, 5.74) is 1.27. The smallest absolute Gasteiger partial charge is 0.0462 e. The Morgan fingerprint density at radius 1 is 1.11 bits per heavy atom. The van der Waals surface area contributed by atoms with Gasteiger partial charge in [0.2, 0.25) is 0 Å². The maximum atomic E-state index is 6.33. The van der Waals surface area contributed by atoms with Gasteiger partial charge in [-0.2, -0.15) is 0 Å². The van der Waals surface area contributed by atoms with Crippen molar-refractivity contribution in [3.63, 3.8) is 0 Å². The minimum Gasteiger partial charge on any atom is -0.308 e. The number of halogens is 1. The van der Waals surface area contributed by atoms with Gasteiger partial charge in [-0.1, -0.05) is 38.4 Å². The molecule has 1 N–H and O–H groups in total. The minimum absolute atomic E-state index is 0.113. The van der Waals surface area contributed by atoms with Gasteiger partial charge in [0.05, 0.1) is 0 Å². The molecule has 0 aliphatic carbocycles. The third kappa shape index (κ3) is 6.12. The van der Waals surface area contributed by atoms with E-state index in [0.29, 0.717) is 0 Å².